The van der Waals surface area contributed by atoms with Crippen molar-refractivity contribution in [1.82, 2.24) is 19.9 Å². The zero-order chi connectivity index (χ0) is 13.0. The van der Waals surface area contributed by atoms with E-state index in [1.165, 1.54) is 18.9 Å². The van der Waals surface area contributed by atoms with E-state index in [1.807, 2.05) is 0 Å². The highest BCUT2D eigenvalue weighted by atomic mass is 35.5. The second-order valence-corrected chi connectivity index (χ2v) is 4.41. The number of hydrazine groups is 1. The Bertz CT molecular complexity index is 515. The summed E-state index contributed by atoms with van der Waals surface area (Å²) in [4.78, 5) is 16.2. The summed E-state index contributed by atoms with van der Waals surface area (Å²) in [5.41, 5.74) is 2.34. The van der Waals surface area contributed by atoms with Crippen LogP contribution in [0.15, 0.2) is 28.5 Å². The zero-order valence-corrected chi connectivity index (χ0v) is 10.9. The van der Waals surface area contributed by atoms with Gasteiger partial charge in [-0.25, -0.2) is 10.8 Å². The second-order valence-electron chi connectivity index (χ2n) is 2.99. The number of methoxy groups -OCH3 is 1. The van der Waals surface area contributed by atoms with Gasteiger partial charge in [-0.05, 0) is 23.9 Å². The predicted molar refractivity (Wildman–Crippen MR) is 67.6 cm³/mol. The Morgan fingerprint density at radius 1 is 1.33 bits per heavy atom. The monoisotopic (exact) mass is 284 g/mol. The number of hydrogen-bond acceptors (Lipinski definition) is 8. The van der Waals surface area contributed by atoms with Crippen LogP contribution in [-0.2, 0) is 0 Å². The Balaban J connectivity index is 2.25. The summed E-state index contributed by atoms with van der Waals surface area (Å²) < 4.78 is 4.94. The van der Waals surface area contributed by atoms with Gasteiger partial charge in [0.25, 0.3) is 0 Å². The maximum atomic E-state index is 5.75. The predicted octanol–water partition coefficient (Wildman–Crippen LogP) is 1.37. The van der Waals surface area contributed by atoms with Crippen molar-refractivity contribution in [2.24, 2.45) is 5.84 Å². The number of aromatic nitrogens is 4. The highest BCUT2D eigenvalue weighted by Gasteiger charge is 2.08. The Hall–Kier alpha value is -1.64. The fourth-order valence-corrected chi connectivity index (χ4v) is 1.85. The highest BCUT2D eigenvalue weighted by molar-refractivity contribution is 7.99. The molecule has 18 heavy (non-hydrogen) atoms. The first kappa shape index (κ1) is 12.8. The van der Waals surface area contributed by atoms with E-state index < -0.39 is 0 Å². The van der Waals surface area contributed by atoms with Gasteiger partial charge in [0.1, 0.15) is 5.03 Å². The summed E-state index contributed by atoms with van der Waals surface area (Å²) in [6.07, 6.45) is 1.55. The highest BCUT2D eigenvalue weighted by Crippen LogP contribution is 2.25. The van der Waals surface area contributed by atoms with Crippen molar-refractivity contribution in [2.75, 3.05) is 12.5 Å². The van der Waals surface area contributed by atoms with Gasteiger partial charge in [-0.15, -0.1) is 0 Å². The molecule has 0 spiro atoms. The molecule has 0 amide bonds. The van der Waals surface area contributed by atoms with Crippen LogP contribution >= 0.6 is 23.4 Å². The van der Waals surface area contributed by atoms with Crippen LogP contribution in [0.25, 0.3) is 0 Å². The quantitative estimate of drug-likeness (QED) is 0.641. The molecular formula is C9H9ClN6OS. The first-order chi connectivity index (χ1) is 8.71. The number of hydrogen-bond donors (Lipinski definition) is 2. The lowest BCUT2D eigenvalue weighted by Crippen LogP contribution is -2.12. The smallest absolute Gasteiger partial charge is 0.322 e. The van der Waals surface area contributed by atoms with Crippen LogP contribution in [0.4, 0.5) is 5.95 Å². The van der Waals surface area contributed by atoms with Gasteiger partial charge in [0, 0.05) is 6.20 Å². The van der Waals surface area contributed by atoms with Crippen molar-refractivity contribution in [1.29, 1.82) is 0 Å². The fourth-order valence-electron chi connectivity index (χ4n) is 1.06. The Labute approximate surface area is 112 Å². The van der Waals surface area contributed by atoms with Crippen LogP contribution in [0, 0.1) is 0 Å². The molecule has 2 rings (SSSR count). The summed E-state index contributed by atoms with van der Waals surface area (Å²) in [6, 6.07) is 3.67. The van der Waals surface area contributed by atoms with E-state index in [-0.39, 0.29) is 12.0 Å². The molecule has 3 N–H and O–H groups in total. The number of anilines is 1. The van der Waals surface area contributed by atoms with Crippen molar-refractivity contribution in [3.8, 4) is 6.01 Å². The Kier molecular flexibility index (Phi) is 4.13. The van der Waals surface area contributed by atoms with Crippen molar-refractivity contribution >= 4 is 29.3 Å². The first-order valence-corrected chi connectivity index (χ1v) is 5.97. The molecule has 94 valence electrons. The van der Waals surface area contributed by atoms with Gasteiger partial charge in [-0.1, -0.05) is 11.6 Å². The number of rotatable bonds is 4. The average molecular weight is 285 g/mol. The third-order valence-electron chi connectivity index (χ3n) is 1.80. The number of nitrogens with two attached hydrogens (primary N) is 1. The van der Waals surface area contributed by atoms with Gasteiger partial charge in [-0.2, -0.15) is 15.0 Å². The lowest BCUT2D eigenvalue weighted by molar-refractivity contribution is 0.373. The number of ether oxygens (including phenoxy) is 1. The van der Waals surface area contributed by atoms with E-state index in [0.29, 0.717) is 15.2 Å². The van der Waals surface area contributed by atoms with E-state index in [9.17, 15) is 0 Å². The molecule has 0 saturated heterocycles. The Morgan fingerprint density at radius 2 is 2.17 bits per heavy atom. The zero-order valence-electron chi connectivity index (χ0n) is 9.29. The first-order valence-electron chi connectivity index (χ1n) is 4.77. The lowest BCUT2D eigenvalue weighted by Gasteiger charge is -2.04. The number of pyridine rings is 1. The molecule has 0 aliphatic heterocycles. The molecule has 0 unspecified atom stereocenters. The van der Waals surface area contributed by atoms with Gasteiger partial charge in [0.15, 0.2) is 0 Å². The largest absolute Gasteiger partial charge is 0.467 e. The molecule has 0 saturated carbocycles. The van der Waals surface area contributed by atoms with E-state index in [4.69, 9.17) is 22.2 Å². The van der Waals surface area contributed by atoms with Crippen molar-refractivity contribution in [3.63, 3.8) is 0 Å². The van der Waals surface area contributed by atoms with Crippen molar-refractivity contribution < 1.29 is 4.74 Å². The minimum atomic E-state index is 0.175. The van der Waals surface area contributed by atoms with Crippen LogP contribution < -0.4 is 16.0 Å². The van der Waals surface area contributed by atoms with Crippen molar-refractivity contribution in [2.45, 2.75) is 10.2 Å². The van der Waals surface area contributed by atoms with Gasteiger partial charge in [0.2, 0.25) is 11.1 Å². The number of halogens is 1. The Morgan fingerprint density at radius 3 is 2.78 bits per heavy atom. The minimum Gasteiger partial charge on any atom is -0.467 e. The molecule has 0 atom stereocenters. The third kappa shape index (κ3) is 3.19. The van der Waals surface area contributed by atoms with Crippen LogP contribution in [0.2, 0.25) is 5.02 Å². The molecule has 2 aromatic heterocycles. The van der Waals surface area contributed by atoms with Crippen molar-refractivity contribution in [3.05, 3.63) is 23.4 Å². The second kappa shape index (κ2) is 5.80. The summed E-state index contributed by atoms with van der Waals surface area (Å²) in [7, 11) is 1.46. The number of nitrogens with one attached hydrogen (secondary N) is 1. The van der Waals surface area contributed by atoms with Gasteiger partial charge >= 0.3 is 6.01 Å². The maximum Gasteiger partial charge on any atom is 0.322 e. The number of nitrogen functional groups attached to an aromatic ring is 1. The van der Waals surface area contributed by atoms with Crippen LogP contribution in [-0.4, -0.2) is 27.0 Å². The van der Waals surface area contributed by atoms with E-state index in [1.54, 1.807) is 18.3 Å². The summed E-state index contributed by atoms with van der Waals surface area (Å²) in [5.74, 6) is 5.48. The maximum absolute atomic E-state index is 5.75. The standard InChI is InChI=1S/C9H9ClN6OS/c1-17-8-13-7(16-11)14-9(15-8)18-6-3-2-5(10)4-12-6/h2-4H,11H2,1H3,(H,13,14,15,16). The topological polar surface area (TPSA) is 98.8 Å². The summed E-state index contributed by atoms with van der Waals surface area (Å²) >= 11 is 7.00. The molecular weight excluding hydrogens is 276 g/mol. The molecule has 2 heterocycles. The molecule has 2 aromatic rings. The lowest BCUT2D eigenvalue weighted by atomic mass is 10.5. The average Bonchev–Trinajstić information content (AvgIpc) is 2.41. The molecule has 0 bridgehead atoms. The van der Waals surface area contributed by atoms with E-state index in [2.05, 4.69) is 25.4 Å². The molecule has 7 nitrogen and oxygen atoms in total. The van der Waals surface area contributed by atoms with Gasteiger partial charge in [-0.3, -0.25) is 5.43 Å². The number of nitrogens with zero attached hydrogens (tertiary/aromatic N) is 4. The SMILES string of the molecule is COc1nc(NN)nc(Sc2ccc(Cl)cn2)n1. The molecule has 0 aliphatic rings. The molecule has 0 aliphatic carbocycles. The normalized spacial score (nSPS) is 10.2. The van der Waals surface area contributed by atoms with Gasteiger partial charge < -0.3 is 4.74 Å². The van der Waals surface area contributed by atoms with Crippen LogP contribution in [0.3, 0.4) is 0 Å². The van der Waals surface area contributed by atoms with E-state index in [0.717, 1.165) is 0 Å². The molecule has 0 fully saturated rings. The molecule has 0 aromatic carbocycles. The molecule has 9 heteroatoms. The third-order valence-corrected chi connectivity index (χ3v) is 2.84. The van der Waals surface area contributed by atoms with Gasteiger partial charge in [0.05, 0.1) is 12.1 Å². The molecule has 0 radical (unpaired) electrons. The summed E-state index contributed by atoms with van der Waals surface area (Å²) in [5, 5.41) is 1.69. The van der Waals surface area contributed by atoms with Crippen LogP contribution in [0.1, 0.15) is 0 Å². The minimum absolute atomic E-state index is 0.175. The summed E-state index contributed by atoms with van der Waals surface area (Å²) in [6.45, 7) is 0. The van der Waals surface area contributed by atoms with Crippen LogP contribution in [0.5, 0.6) is 6.01 Å². The fraction of sp³-hybridized carbons (Fsp3) is 0.111. The van der Waals surface area contributed by atoms with E-state index >= 15 is 0 Å².